The molecule has 694 valence electrons. The van der Waals surface area contributed by atoms with Crippen molar-refractivity contribution < 1.29 is 102 Å². The van der Waals surface area contributed by atoms with Gasteiger partial charge in [-0.1, -0.05) is 88.1 Å². The summed E-state index contributed by atoms with van der Waals surface area (Å²) < 4.78 is 0. The van der Waals surface area contributed by atoms with Crippen molar-refractivity contribution in [1.82, 2.24) is 87.6 Å². The number of fused-ring (bicyclic) bond motifs is 5. The number of carbonyl (C=O) groups is 18. The summed E-state index contributed by atoms with van der Waals surface area (Å²) in [5, 5.41) is 57.8. The van der Waals surface area contributed by atoms with Gasteiger partial charge in [-0.25, -0.2) is 0 Å². The summed E-state index contributed by atoms with van der Waals surface area (Å²) in [6.07, 6.45) is 2.32. The number of primary amides is 1. The fourth-order valence-electron chi connectivity index (χ4n) is 16.4. The fraction of sp³-hybridized carbons (Fsp3) is 0.535. The largest absolute Gasteiger partial charge is 0.508 e. The van der Waals surface area contributed by atoms with Crippen LogP contribution in [0, 0.1) is 0 Å². The third kappa shape index (κ3) is 26.5. The SMILES string of the molecule is CCCC[C@@H]1C(=O)N(C)[C@H](CCCC)C(=O)N[C@@H](C)C(=O)N[C@@H](C(=O)NCC(N)=O)CSCC(=O)N[C@@H](Cc2ccc(O)cc2)C(=O)N2CCCC2C(=O)N[C@H](CC(=O)O)C(=O)N2CCC[C@H]2C(=O)N[C@H](CN)C(=O)N[C@@H](CCC(=O)O)C(=O)N2CCCC2C(=O)N[C@H](Cc2c[nH]c3ccccc23)C(=O)N[C@@H](CCN)C(=O)N[C@@H](Cc2c[nH]c3ccccc23)C(=O)N1C. The first-order chi connectivity index (χ1) is 61.1. The molecule has 41 nitrogen and oxygen atoms in total. The average molecular weight is 1800 g/mol. The van der Waals surface area contributed by atoms with Gasteiger partial charge in [0.15, 0.2) is 0 Å². The molecule has 0 spiro atoms. The van der Waals surface area contributed by atoms with Gasteiger partial charge < -0.3 is 120 Å². The van der Waals surface area contributed by atoms with Gasteiger partial charge >= 0.3 is 11.9 Å². The van der Waals surface area contributed by atoms with E-state index in [0.29, 0.717) is 64.2 Å². The molecule has 2 aromatic heterocycles. The van der Waals surface area contributed by atoms with Crippen LogP contribution in [0.3, 0.4) is 0 Å². The second-order valence-corrected chi connectivity index (χ2v) is 33.6. The number of carboxylic acid groups (broad SMARTS) is 2. The van der Waals surface area contributed by atoms with Crippen LogP contribution in [0.25, 0.3) is 21.8 Å². The number of benzene rings is 3. The van der Waals surface area contributed by atoms with E-state index < -0.39 is 235 Å². The third-order valence-electron chi connectivity index (χ3n) is 23.4. The number of aromatic nitrogens is 2. The van der Waals surface area contributed by atoms with E-state index in [9.17, 15) is 72.9 Å². The number of amides is 16. The summed E-state index contributed by atoms with van der Waals surface area (Å²) in [5.74, 6) is -18.6. The highest BCUT2D eigenvalue weighted by Crippen LogP contribution is 2.28. The number of para-hydroxylation sites is 2. The van der Waals surface area contributed by atoms with E-state index in [2.05, 4.69) is 63.1 Å². The van der Waals surface area contributed by atoms with Crippen molar-refractivity contribution in [1.29, 1.82) is 0 Å². The van der Waals surface area contributed by atoms with Crippen molar-refractivity contribution in [3.05, 3.63) is 102 Å². The summed E-state index contributed by atoms with van der Waals surface area (Å²) in [4.78, 5) is 271. The Bertz CT molecular complexity index is 4870. The Kier molecular flexibility index (Phi) is 36.5. The van der Waals surface area contributed by atoms with Gasteiger partial charge in [0.05, 0.1) is 18.7 Å². The molecule has 0 bridgehead atoms. The van der Waals surface area contributed by atoms with E-state index in [1.165, 1.54) is 55.1 Å². The lowest BCUT2D eigenvalue weighted by atomic mass is 10.00. The standard InChI is InChI=1S/C86H118N20O21S/c1-6-8-21-64-78(119)93-47(3)73(114)101-63(74(115)92-44-69(89)108)45-128-46-70(109)94-59(37-48-26-28-51(107)29-27-48)84(125)105-35-15-24-66(105)80(121)99-61(40-72(112)113)85(126)106-36-16-25-67(106)81(122)100-62(41-88)77(118)96-57(30-31-71(110)111)83(124)104-34-14-23-65(104)79(120)97-58(38-49-42-90-54-19-12-10-17-52(49)54)76(117)95-56(32-33-87)75(116)98-60(39-50-43-91-55-20-13-11-18-53(50)55)82(123)103(5)68(22-9-7-2)86(127)102(64)4/h10-13,17-20,26-29,42-43,47,56-68,90-91,107H,6-9,14-16,21-25,30-41,44-46,87-88H2,1-5H3,(H2,89,108)(H,92,115)(H,93,119)(H,94,109)(H,95,117)(H,96,118)(H,97,120)(H,98,116)(H,99,121)(H,100,122)(H,101,114)(H,110,111)(H,112,113)/t47-,56-,57-,58+,59-,60-,61+,62+,63+,64+,65?,66?,67-,68+/m0/s1. The van der Waals surface area contributed by atoms with Crippen LogP contribution in [0.5, 0.6) is 5.75 Å². The Hall–Kier alpha value is -12.7. The van der Waals surface area contributed by atoms with Crippen LogP contribution in [-0.2, 0) is 106 Å². The molecule has 5 aromatic rings. The molecule has 6 heterocycles. The summed E-state index contributed by atoms with van der Waals surface area (Å²) in [6, 6.07) is -1.36. The molecule has 0 aliphatic carbocycles. The van der Waals surface area contributed by atoms with E-state index >= 15 is 28.8 Å². The van der Waals surface area contributed by atoms with Crippen molar-refractivity contribution in [3.8, 4) is 5.75 Å². The van der Waals surface area contributed by atoms with Crippen LogP contribution >= 0.6 is 11.8 Å². The maximum absolute atomic E-state index is 15.7. The molecule has 128 heavy (non-hydrogen) atoms. The first-order valence-corrected chi connectivity index (χ1v) is 44.3. The molecule has 4 fully saturated rings. The second kappa shape index (κ2) is 47.2. The lowest BCUT2D eigenvalue weighted by molar-refractivity contribution is -0.149. The molecular formula is C86H118N20O21S. The number of phenols is 1. The number of H-pyrrole nitrogens is 2. The van der Waals surface area contributed by atoms with E-state index in [1.807, 2.05) is 13.8 Å². The molecular weight excluding hydrogens is 1680 g/mol. The number of likely N-dealkylation sites (N-methyl/N-ethyl adjacent to an activating group) is 2. The molecule has 21 N–H and O–H groups in total. The summed E-state index contributed by atoms with van der Waals surface area (Å²) in [5.41, 5.74) is 20.6. The van der Waals surface area contributed by atoms with Crippen molar-refractivity contribution in [2.45, 2.75) is 227 Å². The van der Waals surface area contributed by atoms with Crippen molar-refractivity contribution in [2.24, 2.45) is 17.2 Å². The minimum absolute atomic E-state index is 0.0169. The Morgan fingerprint density at radius 1 is 0.484 bits per heavy atom. The minimum Gasteiger partial charge on any atom is -0.508 e. The van der Waals surface area contributed by atoms with Crippen LogP contribution in [-0.4, -0.2) is 306 Å². The molecule has 4 saturated heterocycles. The van der Waals surface area contributed by atoms with Gasteiger partial charge in [0.2, 0.25) is 94.5 Å². The third-order valence-corrected chi connectivity index (χ3v) is 24.4. The highest BCUT2D eigenvalue weighted by atomic mass is 32.2. The molecule has 0 saturated carbocycles. The van der Waals surface area contributed by atoms with Crippen LogP contribution < -0.4 is 70.4 Å². The molecule has 9 rings (SSSR count). The van der Waals surface area contributed by atoms with Crippen LogP contribution in [0.1, 0.15) is 140 Å². The summed E-state index contributed by atoms with van der Waals surface area (Å²) in [7, 11) is 2.75. The zero-order valence-electron chi connectivity index (χ0n) is 72.3. The number of thioether (sulfide) groups is 1. The number of aromatic hydroxyl groups is 1. The highest BCUT2D eigenvalue weighted by molar-refractivity contribution is 8.00. The molecule has 4 aliphatic heterocycles. The van der Waals surface area contributed by atoms with Gasteiger partial charge in [-0.05, 0) is 119 Å². The predicted molar refractivity (Wildman–Crippen MR) is 467 cm³/mol. The topological polar surface area (TPSA) is 614 Å². The number of unbranched alkanes of at least 4 members (excludes halogenated alkanes) is 2. The van der Waals surface area contributed by atoms with Crippen LogP contribution in [0.4, 0.5) is 0 Å². The zero-order chi connectivity index (χ0) is 93.2. The number of hydrogen-bond acceptors (Lipinski definition) is 22. The maximum atomic E-state index is 15.7. The van der Waals surface area contributed by atoms with Gasteiger partial charge in [0.1, 0.15) is 90.3 Å². The molecule has 3 aromatic carbocycles. The molecule has 2 unspecified atom stereocenters. The van der Waals surface area contributed by atoms with Gasteiger partial charge in [-0.2, -0.15) is 0 Å². The van der Waals surface area contributed by atoms with Gasteiger partial charge in [-0.3, -0.25) is 86.3 Å². The number of hydrogen-bond donors (Lipinski definition) is 18. The lowest BCUT2D eigenvalue weighted by Gasteiger charge is -2.36. The van der Waals surface area contributed by atoms with Crippen molar-refractivity contribution in [2.75, 3.05) is 64.9 Å². The molecule has 42 heteroatoms. The first kappa shape index (κ1) is 99.1. The molecule has 0 radical (unpaired) electrons. The van der Waals surface area contributed by atoms with Crippen molar-refractivity contribution >= 4 is 140 Å². The summed E-state index contributed by atoms with van der Waals surface area (Å²) in [6.45, 7) is 3.07. The number of nitrogens with two attached hydrogens (primary N) is 3. The monoisotopic (exact) mass is 1800 g/mol. The zero-order valence-corrected chi connectivity index (χ0v) is 73.1. The van der Waals surface area contributed by atoms with Gasteiger partial charge in [-0.15, -0.1) is 11.8 Å². The van der Waals surface area contributed by atoms with Gasteiger partial charge in [0, 0.05) is 106 Å². The number of nitrogens with zero attached hydrogens (tertiary/aromatic N) is 5. The van der Waals surface area contributed by atoms with E-state index in [1.54, 1.807) is 60.9 Å². The van der Waals surface area contributed by atoms with E-state index in [-0.39, 0.29) is 109 Å². The number of aliphatic carboxylic acids is 2. The maximum Gasteiger partial charge on any atom is 0.305 e. The van der Waals surface area contributed by atoms with E-state index in [0.717, 1.165) is 26.5 Å². The van der Waals surface area contributed by atoms with Gasteiger partial charge in [0.25, 0.3) is 0 Å². The Balaban J connectivity index is 1.07. The number of rotatable bonds is 23. The highest BCUT2D eigenvalue weighted by Gasteiger charge is 2.46. The lowest BCUT2D eigenvalue weighted by Crippen LogP contribution is -2.61. The van der Waals surface area contributed by atoms with Crippen LogP contribution in [0.15, 0.2) is 85.2 Å². The Morgan fingerprint density at radius 2 is 0.953 bits per heavy atom. The average Bonchev–Trinajstić information content (AvgIpc) is 1.75. The number of carboxylic acids is 2. The van der Waals surface area contributed by atoms with E-state index in [4.69, 9.17) is 17.2 Å². The number of carbonyl (C=O) groups excluding carboxylic acids is 16. The molecule has 16 amide bonds. The quantitative estimate of drug-likeness (QED) is 0.0329. The Morgan fingerprint density at radius 3 is 1.48 bits per heavy atom. The smallest absolute Gasteiger partial charge is 0.305 e. The fourth-order valence-corrected chi connectivity index (χ4v) is 17.3. The number of aromatic amines is 2. The van der Waals surface area contributed by atoms with Crippen LogP contribution in [0.2, 0.25) is 0 Å². The molecule has 4 aliphatic rings. The number of nitrogens with one attached hydrogen (secondary N) is 12. The minimum atomic E-state index is -1.88. The second-order valence-electron chi connectivity index (χ2n) is 32.6. The Labute approximate surface area is 742 Å². The summed E-state index contributed by atoms with van der Waals surface area (Å²) >= 11 is 0.786. The molecule has 14 atom stereocenters. The number of phenolic OH excluding ortho intramolecular Hbond substituents is 1. The normalized spacial score (nSPS) is 25.3. The van der Waals surface area contributed by atoms with Crippen molar-refractivity contribution in [3.63, 3.8) is 0 Å². The first-order valence-electron chi connectivity index (χ1n) is 43.2. The predicted octanol–water partition coefficient (Wildman–Crippen LogP) is -2.23.